The molecule has 1 saturated carbocycles. The zero-order valence-corrected chi connectivity index (χ0v) is 10.8. The predicted octanol–water partition coefficient (Wildman–Crippen LogP) is 1.81. The van der Waals surface area contributed by atoms with E-state index in [2.05, 4.69) is 5.32 Å². The average Bonchev–Trinajstić information content (AvgIpc) is 3.11. The van der Waals surface area contributed by atoms with Gasteiger partial charge in [-0.05, 0) is 36.8 Å². The van der Waals surface area contributed by atoms with Crippen molar-refractivity contribution in [3.63, 3.8) is 0 Å². The molecule has 5 heteroatoms. The van der Waals surface area contributed by atoms with Gasteiger partial charge in [0.2, 0.25) is 0 Å². The number of amides is 1. The Morgan fingerprint density at radius 1 is 1.50 bits per heavy atom. The Morgan fingerprint density at radius 3 is 2.83 bits per heavy atom. The van der Waals surface area contributed by atoms with E-state index in [1.807, 2.05) is 0 Å². The molecule has 0 aliphatic heterocycles. The summed E-state index contributed by atoms with van der Waals surface area (Å²) in [6, 6.07) is 5.02. The minimum atomic E-state index is -0.212. The fourth-order valence-electron chi connectivity index (χ4n) is 2.02. The average molecular weight is 269 g/mol. The quantitative estimate of drug-likeness (QED) is 0.713. The summed E-state index contributed by atoms with van der Waals surface area (Å²) in [6.07, 6.45) is 2.84. The van der Waals surface area contributed by atoms with E-state index in [9.17, 15) is 4.79 Å². The van der Waals surface area contributed by atoms with Crippen LogP contribution in [0.4, 0.5) is 5.69 Å². The SMILES string of the molecule is Nc1cccc(C(=O)NCC2(CCO)CC2)c1Cl. The van der Waals surface area contributed by atoms with Crippen LogP contribution in [0.25, 0.3) is 0 Å². The molecule has 0 unspecified atom stereocenters. The van der Waals surface area contributed by atoms with Crippen LogP contribution in [0.5, 0.6) is 0 Å². The Bertz CT molecular complexity index is 458. The van der Waals surface area contributed by atoms with Crippen LogP contribution >= 0.6 is 11.6 Å². The molecular formula is C13H17ClN2O2. The summed E-state index contributed by atoms with van der Waals surface area (Å²) in [5.74, 6) is -0.212. The molecule has 4 nitrogen and oxygen atoms in total. The molecule has 18 heavy (non-hydrogen) atoms. The second kappa shape index (κ2) is 5.16. The lowest BCUT2D eigenvalue weighted by Crippen LogP contribution is -2.31. The first kappa shape index (κ1) is 13.2. The Hall–Kier alpha value is -1.26. The number of carbonyl (C=O) groups excluding carboxylic acids is 1. The minimum absolute atomic E-state index is 0.0945. The number of aliphatic hydroxyl groups is 1. The van der Waals surface area contributed by atoms with Gasteiger partial charge in [0.25, 0.3) is 5.91 Å². The van der Waals surface area contributed by atoms with Crippen LogP contribution in [0.15, 0.2) is 18.2 Å². The largest absolute Gasteiger partial charge is 0.398 e. The van der Waals surface area contributed by atoms with Crippen molar-refractivity contribution in [3.8, 4) is 0 Å². The molecule has 1 aliphatic carbocycles. The second-order valence-electron chi connectivity index (χ2n) is 4.87. The van der Waals surface area contributed by atoms with E-state index < -0.39 is 0 Å². The number of benzene rings is 1. The summed E-state index contributed by atoms with van der Waals surface area (Å²) < 4.78 is 0. The van der Waals surface area contributed by atoms with E-state index in [-0.39, 0.29) is 17.9 Å². The fourth-order valence-corrected chi connectivity index (χ4v) is 2.23. The molecule has 0 atom stereocenters. The third-order valence-electron chi connectivity index (χ3n) is 3.50. The van der Waals surface area contributed by atoms with Crippen molar-refractivity contribution < 1.29 is 9.90 Å². The van der Waals surface area contributed by atoms with Crippen molar-refractivity contribution >= 4 is 23.2 Å². The lowest BCUT2D eigenvalue weighted by molar-refractivity contribution is 0.0941. The van der Waals surface area contributed by atoms with Gasteiger partial charge in [0.1, 0.15) is 0 Å². The maximum Gasteiger partial charge on any atom is 0.252 e. The third kappa shape index (κ3) is 2.76. The molecule has 1 aromatic carbocycles. The van der Waals surface area contributed by atoms with Gasteiger partial charge in [0.05, 0.1) is 16.3 Å². The summed E-state index contributed by atoms with van der Waals surface area (Å²) in [5.41, 5.74) is 6.55. The van der Waals surface area contributed by atoms with E-state index >= 15 is 0 Å². The lowest BCUT2D eigenvalue weighted by Gasteiger charge is -2.15. The predicted molar refractivity (Wildman–Crippen MR) is 71.6 cm³/mol. The summed E-state index contributed by atoms with van der Waals surface area (Å²) >= 11 is 5.99. The van der Waals surface area contributed by atoms with Crippen LogP contribution in [0.3, 0.4) is 0 Å². The van der Waals surface area contributed by atoms with Gasteiger partial charge in [-0.2, -0.15) is 0 Å². The maximum atomic E-state index is 12.0. The number of anilines is 1. The number of nitrogens with two attached hydrogens (primary N) is 1. The molecular weight excluding hydrogens is 252 g/mol. The normalized spacial score (nSPS) is 16.3. The lowest BCUT2D eigenvalue weighted by atomic mass is 10.0. The number of nitrogens with one attached hydrogen (secondary N) is 1. The zero-order valence-electron chi connectivity index (χ0n) is 10.1. The highest BCUT2D eigenvalue weighted by Gasteiger charge is 2.41. The molecule has 0 bridgehead atoms. The van der Waals surface area contributed by atoms with Crippen molar-refractivity contribution in [2.45, 2.75) is 19.3 Å². The van der Waals surface area contributed by atoms with Crippen molar-refractivity contribution in [2.75, 3.05) is 18.9 Å². The fraction of sp³-hybridized carbons (Fsp3) is 0.462. The molecule has 1 amide bonds. The van der Waals surface area contributed by atoms with Crippen LogP contribution in [-0.2, 0) is 0 Å². The topological polar surface area (TPSA) is 75.4 Å². The number of nitrogen functional groups attached to an aromatic ring is 1. The Labute approximate surface area is 111 Å². The summed E-state index contributed by atoms with van der Waals surface area (Å²) in [5, 5.41) is 12.1. The standard InChI is InChI=1S/C13H17ClN2O2/c14-11-9(2-1-3-10(11)15)12(18)16-8-13(4-5-13)6-7-17/h1-3,17H,4-8,15H2,(H,16,18). The molecule has 0 saturated heterocycles. The molecule has 98 valence electrons. The maximum absolute atomic E-state index is 12.0. The number of hydrogen-bond acceptors (Lipinski definition) is 3. The molecule has 1 aliphatic rings. The number of halogens is 1. The highest BCUT2D eigenvalue weighted by molar-refractivity contribution is 6.36. The second-order valence-corrected chi connectivity index (χ2v) is 5.24. The summed E-state index contributed by atoms with van der Waals surface area (Å²) in [7, 11) is 0. The molecule has 1 fully saturated rings. The van der Waals surface area contributed by atoms with Crippen molar-refractivity contribution in [2.24, 2.45) is 5.41 Å². The van der Waals surface area contributed by atoms with Gasteiger partial charge < -0.3 is 16.2 Å². The Balaban J connectivity index is 1.98. The van der Waals surface area contributed by atoms with E-state index in [4.69, 9.17) is 22.4 Å². The highest BCUT2D eigenvalue weighted by Crippen LogP contribution is 2.47. The summed E-state index contributed by atoms with van der Waals surface area (Å²) in [4.78, 5) is 12.0. The van der Waals surface area contributed by atoms with Crippen LogP contribution in [-0.4, -0.2) is 24.2 Å². The van der Waals surface area contributed by atoms with Gasteiger partial charge >= 0.3 is 0 Å². The third-order valence-corrected chi connectivity index (χ3v) is 3.92. The van der Waals surface area contributed by atoms with Crippen LogP contribution < -0.4 is 11.1 Å². The molecule has 0 spiro atoms. The van der Waals surface area contributed by atoms with E-state index in [0.717, 1.165) is 19.3 Å². The van der Waals surface area contributed by atoms with Gasteiger partial charge in [-0.25, -0.2) is 0 Å². The van der Waals surface area contributed by atoms with Gasteiger partial charge in [0, 0.05) is 13.2 Å². The Morgan fingerprint density at radius 2 is 2.22 bits per heavy atom. The Kier molecular flexibility index (Phi) is 3.78. The molecule has 0 aromatic heterocycles. The monoisotopic (exact) mass is 268 g/mol. The van der Waals surface area contributed by atoms with E-state index in [0.29, 0.717) is 22.8 Å². The van der Waals surface area contributed by atoms with Gasteiger partial charge in [0.15, 0.2) is 0 Å². The molecule has 1 aromatic rings. The van der Waals surface area contributed by atoms with E-state index in [1.54, 1.807) is 18.2 Å². The number of aliphatic hydroxyl groups excluding tert-OH is 1. The zero-order chi connectivity index (χ0) is 13.2. The highest BCUT2D eigenvalue weighted by atomic mass is 35.5. The van der Waals surface area contributed by atoms with Crippen molar-refractivity contribution in [3.05, 3.63) is 28.8 Å². The van der Waals surface area contributed by atoms with Gasteiger partial charge in [-0.15, -0.1) is 0 Å². The van der Waals surface area contributed by atoms with Crippen LogP contribution in [0.2, 0.25) is 5.02 Å². The van der Waals surface area contributed by atoms with Gasteiger partial charge in [-0.1, -0.05) is 17.7 Å². The molecule has 0 heterocycles. The molecule has 2 rings (SSSR count). The van der Waals surface area contributed by atoms with Crippen LogP contribution in [0, 0.1) is 5.41 Å². The first-order valence-corrected chi connectivity index (χ1v) is 6.39. The number of carbonyl (C=O) groups is 1. The van der Waals surface area contributed by atoms with Crippen LogP contribution in [0.1, 0.15) is 29.6 Å². The molecule has 4 N–H and O–H groups in total. The van der Waals surface area contributed by atoms with Crippen molar-refractivity contribution in [1.29, 1.82) is 0 Å². The first-order chi connectivity index (χ1) is 8.58. The smallest absolute Gasteiger partial charge is 0.252 e. The first-order valence-electron chi connectivity index (χ1n) is 6.01. The summed E-state index contributed by atoms with van der Waals surface area (Å²) in [6.45, 7) is 0.742. The van der Waals surface area contributed by atoms with Gasteiger partial charge in [-0.3, -0.25) is 4.79 Å². The van der Waals surface area contributed by atoms with Crippen molar-refractivity contribution in [1.82, 2.24) is 5.32 Å². The molecule has 0 radical (unpaired) electrons. The number of rotatable bonds is 5. The minimum Gasteiger partial charge on any atom is -0.398 e. The van der Waals surface area contributed by atoms with E-state index in [1.165, 1.54) is 0 Å². The number of hydrogen-bond donors (Lipinski definition) is 3.